The number of ether oxygens (including phenoxy) is 1. The lowest BCUT2D eigenvalue weighted by Gasteiger charge is -2.17. The van der Waals surface area contributed by atoms with E-state index in [1.54, 1.807) is 0 Å². The summed E-state index contributed by atoms with van der Waals surface area (Å²) in [5.74, 6) is -6.57. The topological polar surface area (TPSA) is 55.4 Å². The summed E-state index contributed by atoms with van der Waals surface area (Å²) in [6, 6.07) is 4.52. The molecule has 0 aliphatic carbocycles. The van der Waals surface area contributed by atoms with Crippen LogP contribution in [-0.4, -0.2) is 25.0 Å². The van der Waals surface area contributed by atoms with Crippen LogP contribution in [0, 0.1) is 23.3 Å². The van der Waals surface area contributed by atoms with Gasteiger partial charge in [-0.15, -0.1) is 0 Å². The highest BCUT2D eigenvalue weighted by Crippen LogP contribution is 2.15. The number of hydrogen-bond donors (Lipinski definition) is 1. The third-order valence-electron chi connectivity index (χ3n) is 3.38. The van der Waals surface area contributed by atoms with E-state index >= 15 is 0 Å². The second-order valence-corrected chi connectivity index (χ2v) is 5.12. The van der Waals surface area contributed by atoms with Crippen LogP contribution in [0.1, 0.15) is 15.9 Å². The fraction of sp³-hybridized carbons (Fsp3) is 0.176. The first-order valence-corrected chi connectivity index (χ1v) is 7.09. The van der Waals surface area contributed by atoms with Crippen LogP contribution in [0.15, 0.2) is 36.4 Å². The van der Waals surface area contributed by atoms with Gasteiger partial charge in [-0.3, -0.25) is 4.79 Å². The Labute approximate surface area is 140 Å². The van der Waals surface area contributed by atoms with Crippen LogP contribution in [0.5, 0.6) is 0 Å². The molecule has 1 amide bonds. The molecule has 2 aromatic rings. The Morgan fingerprint density at radius 3 is 2.08 bits per heavy atom. The molecule has 1 N–H and O–H groups in total. The van der Waals surface area contributed by atoms with E-state index in [4.69, 9.17) is 0 Å². The summed E-state index contributed by atoms with van der Waals surface area (Å²) >= 11 is 0. The molecule has 2 rings (SSSR count). The maximum Gasteiger partial charge on any atom is 0.328 e. The fourth-order valence-corrected chi connectivity index (χ4v) is 2.18. The van der Waals surface area contributed by atoms with Gasteiger partial charge in [0.05, 0.1) is 7.11 Å². The predicted molar refractivity (Wildman–Crippen MR) is 79.7 cm³/mol. The zero-order valence-corrected chi connectivity index (χ0v) is 13.0. The number of nitrogens with one attached hydrogen (secondary N) is 1. The van der Waals surface area contributed by atoms with E-state index < -0.39 is 46.8 Å². The number of benzene rings is 2. The van der Waals surface area contributed by atoms with E-state index in [1.165, 1.54) is 12.1 Å². The van der Waals surface area contributed by atoms with E-state index in [-0.39, 0.29) is 6.42 Å². The molecule has 0 saturated carbocycles. The van der Waals surface area contributed by atoms with Crippen molar-refractivity contribution in [3.8, 4) is 0 Å². The minimum absolute atomic E-state index is 0.0941. The monoisotopic (exact) mass is 355 g/mol. The first-order chi connectivity index (χ1) is 11.8. The van der Waals surface area contributed by atoms with Crippen LogP contribution in [-0.2, 0) is 16.0 Å². The van der Waals surface area contributed by atoms with Crippen LogP contribution >= 0.6 is 0 Å². The van der Waals surface area contributed by atoms with Gasteiger partial charge in [-0.05, 0) is 17.7 Å². The number of rotatable bonds is 5. The van der Waals surface area contributed by atoms with E-state index in [0.29, 0.717) is 17.7 Å². The summed E-state index contributed by atoms with van der Waals surface area (Å²) in [5, 5.41) is 2.14. The third-order valence-corrected chi connectivity index (χ3v) is 3.38. The van der Waals surface area contributed by atoms with Crippen molar-refractivity contribution in [3.05, 3.63) is 70.8 Å². The van der Waals surface area contributed by atoms with Crippen molar-refractivity contribution in [2.45, 2.75) is 12.5 Å². The average Bonchev–Trinajstić information content (AvgIpc) is 2.54. The summed E-state index contributed by atoms with van der Waals surface area (Å²) in [7, 11) is 1.07. The molecule has 8 heteroatoms. The molecule has 0 unspecified atom stereocenters. The van der Waals surface area contributed by atoms with E-state index in [1.807, 2.05) is 0 Å². The molecule has 0 aliphatic rings. The standard InChI is InChI=1S/C17H13F4NO3/c1-25-17(24)14(6-9-2-4-10(18)5-3-9)22-16(23)15-12(20)7-11(19)8-13(15)21/h2-5,7-8,14H,6H2,1H3,(H,22,23)/t14-/m0/s1. The summed E-state index contributed by atoms with van der Waals surface area (Å²) < 4.78 is 57.7. The second kappa shape index (κ2) is 7.78. The van der Waals surface area contributed by atoms with Crippen molar-refractivity contribution >= 4 is 11.9 Å². The van der Waals surface area contributed by atoms with Gasteiger partial charge in [0, 0.05) is 18.6 Å². The summed E-state index contributed by atoms with van der Waals surface area (Å²) in [6.45, 7) is 0. The Morgan fingerprint density at radius 1 is 1.00 bits per heavy atom. The lowest BCUT2D eigenvalue weighted by molar-refractivity contribution is -0.142. The number of amides is 1. The van der Waals surface area contributed by atoms with Crippen molar-refractivity contribution in [1.82, 2.24) is 5.32 Å². The molecule has 0 fully saturated rings. The van der Waals surface area contributed by atoms with Crippen LogP contribution < -0.4 is 5.32 Å². The van der Waals surface area contributed by atoms with Gasteiger partial charge in [0.15, 0.2) is 0 Å². The molecule has 2 aromatic carbocycles. The zero-order chi connectivity index (χ0) is 18.6. The second-order valence-electron chi connectivity index (χ2n) is 5.12. The van der Waals surface area contributed by atoms with Crippen LogP contribution in [0.2, 0.25) is 0 Å². The zero-order valence-electron chi connectivity index (χ0n) is 13.0. The predicted octanol–water partition coefficient (Wildman–Crippen LogP) is 2.76. The molecule has 4 nitrogen and oxygen atoms in total. The van der Waals surface area contributed by atoms with Gasteiger partial charge in [0.1, 0.15) is 34.9 Å². The van der Waals surface area contributed by atoms with Gasteiger partial charge in [0.2, 0.25) is 0 Å². The minimum atomic E-state index is -1.40. The Morgan fingerprint density at radius 2 is 1.56 bits per heavy atom. The highest BCUT2D eigenvalue weighted by molar-refractivity contribution is 5.97. The third kappa shape index (κ3) is 4.56. The Bertz CT molecular complexity index is 770. The average molecular weight is 355 g/mol. The van der Waals surface area contributed by atoms with Crippen molar-refractivity contribution in [1.29, 1.82) is 0 Å². The molecule has 0 spiro atoms. The van der Waals surface area contributed by atoms with Gasteiger partial charge in [-0.25, -0.2) is 22.4 Å². The van der Waals surface area contributed by atoms with Gasteiger partial charge >= 0.3 is 5.97 Å². The number of esters is 1. The first-order valence-electron chi connectivity index (χ1n) is 7.09. The maximum absolute atomic E-state index is 13.7. The molecule has 0 aromatic heterocycles. The highest BCUT2D eigenvalue weighted by atomic mass is 19.1. The largest absolute Gasteiger partial charge is 0.467 e. The SMILES string of the molecule is COC(=O)[C@H](Cc1ccc(F)cc1)NC(=O)c1c(F)cc(F)cc1F. The van der Waals surface area contributed by atoms with E-state index in [2.05, 4.69) is 10.1 Å². The quantitative estimate of drug-likeness (QED) is 0.663. The molecular weight excluding hydrogens is 342 g/mol. The van der Waals surface area contributed by atoms with Gasteiger partial charge in [-0.1, -0.05) is 12.1 Å². The number of methoxy groups -OCH3 is 1. The Balaban J connectivity index is 2.23. The van der Waals surface area contributed by atoms with Gasteiger partial charge in [0.25, 0.3) is 5.91 Å². The lowest BCUT2D eigenvalue weighted by atomic mass is 10.0. The van der Waals surface area contributed by atoms with Crippen LogP contribution in [0.25, 0.3) is 0 Å². The summed E-state index contributed by atoms with van der Waals surface area (Å²) in [4.78, 5) is 23.9. The molecular formula is C17H13F4NO3. The number of carbonyl (C=O) groups is 2. The first kappa shape index (κ1) is 18.4. The molecule has 25 heavy (non-hydrogen) atoms. The summed E-state index contributed by atoms with van der Waals surface area (Å²) in [6.07, 6.45) is -0.0941. The number of hydrogen-bond acceptors (Lipinski definition) is 3. The molecule has 0 heterocycles. The number of carbonyl (C=O) groups excluding carboxylic acids is 2. The lowest BCUT2D eigenvalue weighted by Crippen LogP contribution is -2.43. The number of halogens is 4. The molecule has 0 bridgehead atoms. The van der Waals surface area contributed by atoms with Crippen molar-refractivity contribution in [2.75, 3.05) is 7.11 Å². The Hall–Kier alpha value is -2.90. The molecule has 0 aliphatic heterocycles. The van der Waals surface area contributed by atoms with Crippen LogP contribution in [0.3, 0.4) is 0 Å². The Kier molecular flexibility index (Phi) is 5.74. The van der Waals surface area contributed by atoms with E-state index in [9.17, 15) is 27.2 Å². The van der Waals surface area contributed by atoms with Crippen LogP contribution in [0.4, 0.5) is 17.6 Å². The highest BCUT2D eigenvalue weighted by Gasteiger charge is 2.26. The van der Waals surface area contributed by atoms with Crippen molar-refractivity contribution in [3.63, 3.8) is 0 Å². The van der Waals surface area contributed by atoms with E-state index in [0.717, 1.165) is 19.2 Å². The molecule has 0 radical (unpaired) electrons. The minimum Gasteiger partial charge on any atom is -0.467 e. The molecule has 0 saturated heterocycles. The van der Waals surface area contributed by atoms with Crippen molar-refractivity contribution < 1.29 is 31.9 Å². The normalized spacial score (nSPS) is 11.7. The van der Waals surface area contributed by atoms with Gasteiger partial charge in [-0.2, -0.15) is 0 Å². The smallest absolute Gasteiger partial charge is 0.328 e. The molecule has 1 atom stereocenters. The fourth-order valence-electron chi connectivity index (χ4n) is 2.18. The van der Waals surface area contributed by atoms with Gasteiger partial charge < -0.3 is 10.1 Å². The maximum atomic E-state index is 13.7. The van der Waals surface area contributed by atoms with Crippen molar-refractivity contribution in [2.24, 2.45) is 0 Å². The molecule has 132 valence electrons. The summed E-state index contributed by atoms with van der Waals surface area (Å²) in [5.41, 5.74) is -0.536.